The molecule has 0 aromatic heterocycles. The predicted octanol–water partition coefficient (Wildman–Crippen LogP) is 2.86. The Bertz CT molecular complexity index is 724. The monoisotopic (exact) mass is 304 g/mol. The van der Waals surface area contributed by atoms with E-state index in [1.165, 1.54) is 43.5 Å². The number of esters is 1. The number of methoxy groups -OCH3 is 1. The molecule has 6 heteroatoms. The Labute approximate surface area is 125 Å². The van der Waals surface area contributed by atoms with E-state index in [1.54, 1.807) is 0 Å². The third-order valence-electron chi connectivity index (χ3n) is 2.75. The summed E-state index contributed by atoms with van der Waals surface area (Å²) in [6.45, 7) is 0. The summed E-state index contributed by atoms with van der Waals surface area (Å²) in [4.78, 5) is 11.6. The Hall–Kier alpha value is -3.02. The van der Waals surface area contributed by atoms with Crippen molar-refractivity contribution in [3.63, 3.8) is 0 Å². The van der Waals surface area contributed by atoms with Crippen molar-refractivity contribution in [2.24, 2.45) is 0 Å². The molecule has 5 nitrogen and oxygen atoms in total. The first kappa shape index (κ1) is 15.4. The van der Waals surface area contributed by atoms with E-state index in [9.17, 15) is 19.4 Å². The van der Waals surface area contributed by atoms with E-state index in [1.807, 2.05) is 0 Å². The van der Waals surface area contributed by atoms with Crippen molar-refractivity contribution in [1.29, 1.82) is 0 Å². The summed E-state index contributed by atoms with van der Waals surface area (Å²) in [6, 6.07) is 7.87. The van der Waals surface area contributed by atoms with Crippen LogP contribution in [0.15, 0.2) is 42.5 Å². The number of aromatic hydroxyl groups is 2. The topological polar surface area (TPSA) is 76.0 Å². The van der Waals surface area contributed by atoms with Gasteiger partial charge in [-0.15, -0.1) is 0 Å². The van der Waals surface area contributed by atoms with Crippen molar-refractivity contribution in [3.8, 4) is 23.0 Å². The predicted molar refractivity (Wildman–Crippen MR) is 77.4 cm³/mol. The average Bonchev–Trinajstić information content (AvgIpc) is 2.49. The molecule has 0 saturated heterocycles. The van der Waals surface area contributed by atoms with E-state index in [2.05, 4.69) is 0 Å². The largest absolute Gasteiger partial charge is 0.504 e. The molecule has 2 aromatic carbocycles. The third kappa shape index (κ3) is 3.76. The molecule has 2 N–H and O–H groups in total. The van der Waals surface area contributed by atoms with Crippen LogP contribution < -0.4 is 9.47 Å². The summed E-state index contributed by atoms with van der Waals surface area (Å²) < 4.78 is 23.1. The molecule has 0 aliphatic heterocycles. The number of halogens is 1. The molecule has 2 aromatic rings. The first-order valence-corrected chi connectivity index (χ1v) is 6.25. The summed E-state index contributed by atoms with van der Waals surface area (Å²) in [7, 11) is 1.33. The van der Waals surface area contributed by atoms with Gasteiger partial charge in [0.1, 0.15) is 5.75 Å². The summed E-state index contributed by atoms with van der Waals surface area (Å²) in [5, 5.41) is 18.5. The van der Waals surface area contributed by atoms with Crippen LogP contribution in [0.4, 0.5) is 4.39 Å². The fourth-order valence-electron chi connectivity index (χ4n) is 1.67. The van der Waals surface area contributed by atoms with Gasteiger partial charge in [0.05, 0.1) is 7.11 Å². The second-order valence-corrected chi connectivity index (χ2v) is 4.30. The number of carbonyl (C=O) groups excluding carboxylic acids is 1. The Morgan fingerprint density at radius 2 is 1.91 bits per heavy atom. The van der Waals surface area contributed by atoms with Gasteiger partial charge < -0.3 is 19.7 Å². The van der Waals surface area contributed by atoms with Gasteiger partial charge in [-0.05, 0) is 35.9 Å². The molecular weight excluding hydrogens is 291 g/mol. The molecule has 0 spiro atoms. The van der Waals surface area contributed by atoms with Crippen molar-refractivity contribution in [2.45, 2.75) is 0 Å². The smallest absolute Gasteiger partial charge is 0.336 e. The average molecular weight is 304 g/mol. The van der Waals surface area contributed by atoms with E-state index in [-0.39, 0.29) is 23.0 Å². The lowest BCUT2D eigenvalue weighted by atomic mass is 10.2. The van der Waals surface area contributed by atoms with Crippen LogP contribution in [0.2, 0.25) is 0 Å². The second kappa shape index (κ2) is 6.62. The van der Waals surface area contributed by atoms with Crippen LogP contribution in [0.25, 0.3) is 6.08 Å². The van der Waals surface area contributed by atoms with Crippen LogP contribution >= 0.6 is 0 Å². The van der Waals surface area contributed by atoms with E-state index >= 15 is 0 Å². The number of phenols is 2. The number of hydrogen-bond acceptors (Lipinski definition) is 5. The lowest BCUT2D eigenvalue weighted by molar-refractivity contribution is -0.128. The molecular formula is C16H13FO5. The van der Waals surface area contributed by atoms with Crippen molar-refractivity contribution < 1.29 is 28.9 Å². The second-order valence-electron chi connectivity index (χ2n) is 4.30. The van der Waals surface area contributed by atoms with Gasteiger partial charge >= 0.3 is 5.97 Å². The standard InChI is InChI=1S/C16H13FO5/c1-21-15-6-4-11(9-12(15)17)22-16(20)7-3-10-2-5-13(18)14(19)8-10/h2-9,18-19H,1H3/b7-3+. The Kier molecular flexibility index (Phi) is 4.63. The van der Waals surface area contributed by atoms with Crippen LogP contribution in [-0.4, -0.2) is 23.3 Å². The lowest BCUT2D eigenvalue weighted by Gasteiger charge is -2.04. The highest BCUT2D eigenvalue weighted by molar-refractivity contribution is 5.88. The number of benzene rings is 2. The fraction of sp³-hybridized carbons (Fsp3) is 0.0625. The van der Waals surface area contributed by atoms with Gasteiger partial charge in [0.15, 0.2) is 23.1 Å². The highest BCUT2D eigenvalue weighted by atomic mass is 19.1. The van der Waals surface area contributed by atoms with Crippen molar-refractivity contribution in [3.05, 3.63) is 53.9 Å². The third-order valence-corrected chi connectivity index (χ3v) is 2.75. The van der Waals surface area contributed by atoms with Gasteiger partial charge in [0.2, 0.25) is 0 Å². The molecule has 0 atom stereocenters. The molecule has 0 fully saturated rings. The van der Waals surface area contributed by atoms with Crippen LogP contribution in [-0.2, 0) is 4.79 Å². The van der Waals surface area contributed by atoms with Gasteiger partial charge in [-0.1, -0.05) is 6.07 Å². The van der Waals surface area contributed by atoms with Crippen molar-refractivity contribution in [2.75, 3.05) is 7.11 Å². The Morgan fingerprint density at radius 3 is 2.55 bits per heavy atom. The van der Waals surface area contributed by atoms with E-state index in [0.29, 0.717) is 5.56 Å². The molecule has 0 heterocycles. The molecule has 0 amide bonds. The van der Waals surface area contributed by atoms with Gasteiger partial charge in [0.25, 0.3) is 0 Å². The Balaban J connectivity index is 2.04. The molecule has 0 bridgehead atoms. The SMILES string of the molecule is COc1ccc(OC(=O)/C=C/c2ccc(O)c(O)c2)cc1F. The summed E-state index contributed by atoms with van der Waals surface area (Å²) in [5.41, 5.74) is 0.494. The minimum atomic E-state index is -0.711. The summed E-state index contributed by atoms with van der Waals surface area (Å²) in [6.07, 6.45) is 2.51. The number of hydrogen-bond donors (Lipinski definition) is 2. The van der Waals surface area contributed by atoms with Crippen LogP contribution in [0, 0.1) is 5.82 Å². The molecule has 2 rings (SSSR count). The number of phenolic OH excluding ortho intramolecular Hbond substituents is 2. The molecule has 0 saturated carbocycles. The molecule has 0 unspecified atom stereocenters. The van der Waals surface area contributed by atoms with Gasteiger partial charge in [-0.3, -0.25) is 0 Å². The van der Waals surface area contributed by atoms with E-state index in [0.717, 1.165) is 12.1 Å². The first-order chi connectivity index (χ1) is 10.5. The molecule has 0 aliphatic rings. The molecule has 114 valence electrons. The van der Waals surface area contributed by atoms with Gasteiger partial charge in [0, 0.05) is 12.1 Å². The zero-order valence-corrected chi connectivity index (χ0v) is 11.6. The minimum Gasteiger partial charge on any atom is -0.504 e. The number of rotatable bonds is 4. The molecule has 22 heavy (non-hydrogen) atoms. The highest BCUT2D eigenvalue weighted by Crippen LogP contribution is 2.25. The Morgan fingerprint density at radius 1 is 1.14 bits per heavy atom. The number of ether oxygens (including phenoxy) is 2. The van der Waals surface area contributed by atoms with Gasteiger partial charge in [-0.2, -0.15) is 0 Å². The van der Waals surface area contributed by atoms with Crippen LogP contribution in [0.3, 0.4) is 0 Å². The first-order valence-electron chi connectivity index (χ1n) is 6.25. The molecule has 0 aliphatic carbocycles. The van der Waals surface area contributed by atoms with Crippen molar-refractivity contribution >= 4 is 12.0 Å². The molecule has 0 radical (unpaired) electrons. The highest BCUT2D eigenvalue weighted by Gasteiger charge is 2.07. The zero-order valence-electron chi connectivity index (χ0n) is 11.6. The maximum atomic E-state index is 13.4. The summed E-state index contributed by atoms with van der Waals surface area (Å²) in [5.74, 6) is -1.81. The maximum absolute atomic E-state index is 13.4. The van der Waals surface area contributed by atoms with E-state index < -0.39 is 11.8 Å². The fourth-order valence-corrected chi connectivity index (χ4v) is 1.67. The van der Waals surface area contributed by atoms with Gasteiger partial charge in [-0.25, -0.2) is 9.18 Å². The maximum Gasteiger partial charge on any atom is 0.336 e. The quantitative estimate of drug-likeness (QED) is 0.393. The minimum absolute atomic E-state index is 0.0431. The van der Waals surface area contributed by atoms with Crippen molar-refractivity contribution in [1.82, 2.24) is 0 Å². The zero-order chi connectivity index (χ0) is 16.1. The summed E-state index contributed by atoms with van der Waals surface area (Å²) >= 11 is 0. The van der Waals surface area contributed by atoms with Crippen LogP contribution in [0.1, 0.15) is 5.56 Å². The van der Waals surface area contributed by atoms with E-state index in [4.69, 9.17) is 9.47 Å². The lowest BCUT2D eigenvalue weighted by Crippen LogP contribution is -2.04. The normalized spacial score (nSPS) is 10.6. The van der Waals surface area contributed by atoms with Crippen LogP contribution in [0.5, 0.6) is 23.0 Å². The number of carbonyl (C=O) groups is 1.